The number of benzene rings is 1. The highest BCUT2D eigenvalue weighted by atomic mass is 15.2. The summed E-state index contributed by atoms with van der Waals surface area (Å²) in [5.74, 6) is 1.70. The molecule has 0 aromatic heterocycles. The van der Waals surface area contributed by atoms with Crippen molar-refractivity contribution >= 4 is 0 Å². The second kappa shape index (κ2) is 7.24. The second-order valence-electron chi connectivity index (χ2n) is 6.63. The van der Waals surface area contributed by atoms with Crippen LogP contribution >= 0.6 is 0 Å². The quantitative estimate of drug-likeness (QED) is 0.906. The van der Waals surface area contributed by atoms with Crippen molar-refractivity contribution < 1.29 is 0 Å². The Kier molecular flexibility index (Phi) is 5.62. The van der Waals surface area contributed by atoms with Gasteiger partial charge in [0.25, 0.3) is 0 Å². The van der Waals surface area contributed by atoms with Crippen LogP contribution in [0.5, 0.6) is 0 Å². The molecule has 1 saturated heterocycles. The van der Waals surface area contributed by atoms with E-state index < -0.39 is 0 Å². The summed E-state index contributed by atoms with van der Waals surface area (Å²) in [5, 5.41) is 0. The zero-order valence-electron chi connectivity index (χ0n) is 13.3. The Labute approximate surface area is 124 Å². The summed E-state index contributed by atoms with van der Waals surface area (Å²) in [7, 11) is 0. The van der Waals surface area contributed by atoms with Crippen LogP contribution in [-0.2, 0) is 0 Å². The first-order valence-corrected chi connectivity index (χ1v) is 8.12. The van der Waals surface area contributed by atoms with Crippen LogP contribution in [0.1, 0.15) is 50.3 Å². The van der Waals surface area contributed by atoms with Crippen LogP contribution in [0.2, 0.25) is 0 Å². The van der Waals surface area contributed by atoms with Crippen LogP contribution in [0.4, 0.5) is 0 Å². The zero-order chi connectivity index (χ0) is 14.5. The van der Waals surface area contributed by atoms with Gasteiger partial charge in [-0.05, 0) is 56.7 Å². The summed E-state index contributed by atoms with van der Waals surface area (Å²) in [6.07, 6.45) is 4.00. The van der Waals surface area contributed by atoms with E-state index in [2.05, 4.69) is 49.9 Å². The average molecular weight is 274 g/mol. The topological polar surface area (TPSA) is 29.3 Å². The maximum absolute atomic E-state index is 6.08. The smallest absolute Gasteiger partial charge is 0.0470 e. The lowest BCUT2D eigenvalue weighted by Crippen LogP contribution is -2.34. The van der Waals surface area contributed by atoms with E-state index in [1.807, 2.05) is 0 Å². The summed E-state index contributed by atoms with van der Waals surface area (Å²) in [6.45, 7) is 9.97. The fourth-order valence-electron chi connectivity index (χ4n) is 3.41. The summed E-state index contributed by atoms with van der Waals surface area (Å²) >= 11 is 0. The predicted molar refractivity (Wildman–Crippen MR) is 86.7 cm³/mol. The summed E-state index contributed by atoms with van der Waals surface area (Å²) in [4.78, 5) is 2.60. The van der Waals surface area contributed by atoms with Crippen LogP contribution in [0.25, 0.3) is 0 Å². The van der Waals surface area contributed by atoms with Crippen molar-refractivity contribution in [1.82, 2.24) is 4.90 Å². The minimum absolute atomic E-state index is 0.390. The number of nitrogens with zero attached hydrogens (tertiary/aromatic N) is 1. The molecule has 1 aromatic rings. The second-order valence-corrected chi connectivity index (χ2v) is 6.63. The highest BCUT2D eigenvalue weighted by molar-refractivity contribution is 5.24. The number of likely N-dealkylation sites (tertiary alicyclic amines) is 1. The molecule has 0 bridgehead atoms. The monoisotopic (exact) mass is 274 g/mol. The highest BCUT2D eigenvalue weighted by Crippen LogP contribution is 2.29. The zero-order valence-corrected chi connectivity index (χ0v) is 13.3. The van der Waals surface area contributed by atoms with Gasteiger partial charge in [-0.3, -0.25) is 4.90 Å². The molecule has 0 spiro atoms. The molecule has 2 unspecified atom stereocenters. The van der Waals surface area contributed by atoms with E-state index in [1.54, 1.807) is 0 Å². The maximum atomic E-state index is 6.08. The lowest BCUT2D eigenvalue weighted by atomic mass is 9.89. The fourth-order valence-corrected chi connectivity index (χ4v) is 3.41. The van der Waals surface area contributed by atoms with Crippen molar-refractivity contribution in [3.63, 3.8) is 0 Å². The Morgan fingerprint density at radius 2 is 1.85 bits per heavy atom. The molecule has 2 heteroatoms. The van der Waals surface area contributed by atoms with Gasteiger partial charge in [0.15, 0.2) is 0 Å². The molecule has 1 fully saturated rings. The van der Waals surface area contributed by atoms with Gasteiger partial charge < -0.3 is 5.73 Å². The molecule has 112 valence electrons. The SMILES string of the molecule is Cc1ccc(C(CN)N2CCCC(C(C)C)CC2)cc1. The average Bonchev–Trinajstić information content (AvgIpc) is 2.68. The van der Waals surface area contributed by atoms with E-state index in [9.17, 15) is 0 Å². The maximum Gasteiger partial charge on any atom is 0.0470 e. The highest BCUT2D eigenvalue weighted by Gasteiger charge is 2.24. The predicted octanol–water partition coefficient (Wildman–Crippen LogP) is 3.75. The summed E-state index contributed by atoms with van der Waals surface area (Å²) in [5.41, 5.74) is 8.77. The first kappa shape index (κ1) is 15.5. The van der Waals surface area contributed by atoms with E-state index in [-0.39, 0.29) is 0 Å². The molecule has 1 aliphatic rings. The van der Waals surface area contributed by atoms with E-state index in [0.29, 0.717) is 6.04 Å². The van der Waals surface area contributed by atoms with Gasteiger partial charge in [-0.1, -0.05) is 43.7 Å². The molecule has 1 aromatic carbocycles. The van der Waals surface area contributed by atoms with Gasteiger partial charge in [-0.25, -0.2) is 0 Å². The third kappa shape index (κ3) is 3.83. The molecule has 1 heterocycles. The van der Waals surface area contributed by atoms with Crippen molar-refractivity contribution in [2.45, 2.75) is 46.1 Å². The minimum atomic E-state index is 0.390. The Morgan fingerprint density at radius 1 is 1.15 bits per heavy atom. The van der Waals surface area contributed by atoms with Gasteiger partial charge in [0.1, 0.15) is 0 Å². The Bertz CT molecular complexity index is 396. The van der Waals surface area contributed by atoms with Crippen LogP contribution in [-0.4, -0.2) is 24.5 Å². The molecular weight excluding hydrogens is 244 g/mol. The Balaban J connectivity index is 2.06. The number of hydrogen-bond donors (Lipinski definition) is 1. The van der Waals surface area contributed by atoms with E-state index in [4.69, 9.17) is 5.73 Å². The number of rotatable bonds is 4. The number of aryl methyl sites for hydroxylation is 1. The molecule has 0 radical (unpaired) electrons. The molecule has 2 atom stereocenters. The molecule has 2 rings (SSSR count). The molecule has 0 aliphatic carbocycles. The lowest BCUT2D eigenvalue weighted by Gasteiger charge is -2.30. The molecule has 2 nitrogen and oxygen atoms in total. The van der Waals surface area contributed by atoms with Crippen LogP contribution in [0.3, 0.4) is 0 Å². The third-order valence-corrected chi connectivity index (χ3v) is 4.88. The fraction of sp³-hybridized carbons (Fsp3) is 0.667. The Morgan fingerprint density at radius 3 is 2.45 bits per heavy atom. The third-order valence-electron chi connectivity index (χ3n) is 4.88. The molecule has 0 amide bonds. The lowest BCUT2D eigenvalue weighted by molar-refractivity contribution is 0.204. The van der Waals surface area contributed by atoms with Gasteiger partial charge in [0, 0.05) is 12.6 Å². The number of nitrogens with two attached hydrogens (primary N) is 1. The largest absolute Gasteiger partial charge is 0.329 e. The van der Waals surface area contributed by atoms with E-state index in [1.165, 1.54) is 43.5 Å². The molecular formula is C18H30N2. The van der Waals surface area contributed by atoms with Gasteiger partial charge in [0.2, 0.25) is 0 Å². The summed E-state index contributed by atoms with van der Waals surface area (Å²) in [6, 6.07) is 9.29. The van der Waals surface area contributed by atoms with Gasteiger partial charge in [-0.15, -0.1) is 0 Å². The van der Waals surface area contributed by atoms with Crippen LogP contribution < -0.4 is 5.73 Å². The molecule has 20 heavy (non-hydrogen) atoms. The molecule has 0 saturated carbocycles. The van der Waals surface area contributed by atoms with E-state index >= 15 is 0 Å². The number of hydrogen-bond acceptors (Lipinski definition) is 2. The first-order valence-electron chi connectivity index (χ1n) is 8.12. The minimum Gasteiger partial charge on any atom is -0.329 e. The molecule has 1 aliphatic heterocycles. The van der Waals surface area contributed by atoms with Gasteiger partial charge in [0.05, 0.1) is 0 Å². The van der Waals surface area contributed by atoms with Crippen molar-refractivity contribution in [2.75, 3.05) is 19.6 Å². The van der Waals surface area contributed by atoms with Crippen molar-refractivity contribution in [2.24, 2.45) is 17.6 Å². The molecule has 2 N–H and O–H groups in total. The summed E-state index contributed by atoms with van der Waals surface area (Å²) < 4.78 is 0. The van der Waals surface area contributed by atoms with Crippen molar-refractivity contribution in [3.8, 4) is 0 Å². The van der Waals surface area contributed by atoms with Crippen LogP contribution in [0.15, 0.2) is 24.3 Å². The van der Waals surface area contributed by atoms with Crippen LogP contribution in [0, 0.1) is 18.8 Å². The normalized spacial score (nSPS) is 22.8. The Hall–Kier alpha value is -0.860. The van der Waals surface area contributed by atoms with Crippen molar-refractivity contribution in [3.05, 3.63) is 35.4 Å². The van der Waals surface area contributed by atoms with Crippen molar-refractivity contribution in [1.29, 1.82) is 0 Å². The van der Waals surface area contributed by atoms with E-state index in [0.717, 1.165) is 18.4 Å². The van der Waals surface area contributed by atoms with Gasteiger partial charge >= 0.3 is 0 Å². The van der Waals surface area contributed by atoms with Gasteiger partial charge in [-0.2, -0.15) is 0 Å². The standard InChI is InChI=1S/C18H30N2/c1-14(2)16-5-4-11-20(12-10-16)18(13-19)17-8-6-15(3)7-9-17/h6-9,14,16,18H,4-5,10-13,19H2,1-3H3. The first-order chi connectivity index (χ1) is 9.61.